The molecule has 0 bridgehead atoms. The molecule has 1 aromatic rings. The van der Waals surface area contributed by atoms with Gasteiger partial charge in [0.15, 0.2) is 18.1 Å². The van der Waals surface area contributed by atoms with Gasteiger partial charge in [-0.25, -0.2) is 4.79 Å². The lowest BCUT2D eigenvalue weighted by Crippen LogP contribution is -2.44. The van der Waals surface area contributed by atoms with Crippen molar-refractivity contribution in [2.45, 2.75) is 19.8 Å². The second-order valence-corrected chi connectivity index (χ2v) is 6.49. The lowest BCUT2D eigenvalue weighted by molar-refractivity contribution is -0.154. The number of esters is 2. The standard InChI is InChI=1S/C21H27NO7/c1-4-28-21(25)16-6-5-11-22(13-16)19(23)14-29-20(24)10-8-15-7-9-17(26-2)18(12-15)27-3/h7-10,12,16H,4-6,11,13-14H2,1-3H3. The van der Waals surface area contributed by atoms with Crippen molar-refractivity contribution in [3.05, 3.63) is 29.8 Å². The Balaban J connectivity index is 1.84. The van der Waals surface area contributed by atoms with Crippen LogP contribution in [0.5, 0.6) is 11.5 Å². The fraction of sp³-hybridized carbons (Fsp3) is 0.476. The molecule has 8 nitrogen and oxygen atoms in total. The summed E-state index contributed by atoms with van der Waals surface area (Å²) in [5.41, 5.74) is 0.722. The molecule has 1 heterocycles. The van der Waals surface area contributed by atoms with Crippen molar-refractivity contribution in [3.63, 3.8) is 0 Å². The fourth-order valence-corrected chi connectivity index (χ4v) is 3.05. The van der Waals surface area contributed by atoms with E-state index in [1.165, 1.54) is 18.1 Å². The first kappa shape index (κ1) is 22.3. The molecule has 0 aliphatic carbocycles. The van der Waals surface area contributed by atoms with Crippen molar-refractivity contribution in [1.29, 1.82) is 0 Å². The van der Waals surface area contributed by atoms with E-state index in [9.17, 15) is 14.4 Å². The van der Waals surface area contributed by atoms with Crippen molar-refractivity contribution < 1.29 is 33.3 Å². The number of carbonyl (C=O) groups is 3. The Kier molecular flexibility index (Phi) is 8.51. The largest absolute Gasteiger partial charge is 0.493 e. The smallest absolute Gasteiger partial charge is 0.331 e. The Morgan fingerprint density at radius 3 is 2.59 bits per heavy atom. The van der Waals surface area contributed by atoms with Crippen LogP contribution in [0, 0.1) is 5.92 Å². The average Bonchev–Trinajstić information content (AvgIpc) is 2.75. The molecular weight excluding hydrogens is 378 g/mol. The summed E-state index contributed by atoms with van der Waals surface area (Å²) in [5.74, 6) is -0.452. The minimum absolute atomic E-state index is 0.288. The molecule has 2 rings (SSSR count). The van der Waals surface area contributed by atoms with Crippen molar-refractivity contribution >= 4 is 23.9 Å². The predicted molar refractivity (Wildman–Crippen MR) is 105 cm³/mol. The maximum absolute atomic E-state index is 12.3. The number of carbonyl (C=O) groups excluding carboxylic acids is 3. The molecule has 1 fully saturated rings. The molecule has 0 radical (unpaired) electrons. The summed E-state index contributed by atoms with van der Waals surface area (Å²) in [6.45, 7) is 2.51. The first-order chi connectivity index (χ1) is 14.0. The van der Waals surface area contributed by atoms with Gasteiger partial charge in [-0.3, -0.25) is 9.59 Å². The van der Waals surface area contributed by atoms with Crippen LogP contribution in [0.3, 0.4) is 0 Å². The zero-order valence-electron chi connectivity index (χ0n) is 17.0. The molecule has 1 aromatic carbocycles. The summed E-state index contributed by atoms with van der Waals surface area (Å²) in [6, 6.07) is 5.21. The average molecular weight is 405 g/mol. The predicted octanol–water partition coefficient (Wildman–Crippen LogP) is 2.06. The Hall–Kier alpha value is -3.03. The zero-order valence-corrected chi connectivity index (χ0v) is 17.0. The fourth-order valence-electron chi connectivity index (χ4n) is 3.05. The Morgan fingerprint density at radius 1 is 1.14 bits per heavy atom. The van der Waals surface area contributed by atoms with E-state index < -0.39 is 5.97 Å². The van der Waals surface area contributed by atoms with E-state index in [0.29, 0.717) is 37.5 Å². The van der Waals surface area contributed by atoms with Gasteiger partial charge < -0.3 is 23.8 Å². The van der Waals surface area contributed by atoms with Gasteiger partial charge in [-0.05, 0) is 43.5 Å². The Morgan fingerprint density at radius 2 is 1.90 bits per heavy atom. The molecule has 0 spiro atoms. The van der Waals surface area contributed by atoms with Gasteiger partial charge in [0.2, 0.25) is 0 Å². The first-order valence-corrected chi connectivity index (χ1v) is 9.49. The second kappa shape index (κ2) is 11.1. The zero-order chi connectivity index (χ0) is 21.2. The van der Waals surface area contributed by atoms with Crippen LogP contribution in [0.15, 0.2) is 24.3 Å². The van der Waals surface area contributed by atoms with Crippen molar-refractivity contribution in [2.24, 2.45) is 5.92 Å². The molecule has 1 atom stereocenters. The van der Waals surface area contributed by atoms with E-state index in [-0.39, 0.29) is 30.9 Å². The summed E-state index contributed by atoms with van der Waals surface area (Å²) in [4.78, 5) is 37.6. The number of rotatable bonds is 8. The summed E-state index contributed by atoms with van der Waals surface area (Å²) in [5, 5.41) is 0. The van der Waals surface area contributed by atoms with Gasteiger partial charge in [-0.2, -0.15) is 0 Å². The van der Waals surface area contributed by atoms with Gasteiger partial charge in [0, 0.05) is 19.2 Å². The number of amides is 1. The maximum atomic E-state index is 12.3. The van der Waals surface area contributed by atoms with Crippen LogP contribution < -0.4 is 9.47 Å². The number of methoxy groups -OCH3 is 2. The normalized spacial score (nSPS) is 16.4. The van der Waals surface area contributed by atoms with Crippen LogP contribution in [-0.4, -0.2) is 63.3 Å². The molecule has 1 amide bonds. The highest BCUT2D eigenvalue weighted by Gasteiger charge is 2.29. The van der Waals surface area contributed by atoms with Crippen LogP contribution in [0.25, 0.3) is 6.08 Å². The van der Waals surface area contributed by atoms with E-state index in [1.54, 1.807) is 38.3 Å². The van der Waals surface area contributed by atoms with Gasteiger partial charge in [-0.15, -0.1) is 0 Å². The molecule has 0 saturated carbocycles. The lowest BCUT2D eigenvalue weighted by Gasteiger charge is -2.31. The highest BCUT2D eigenvalue weighted by molar-refractivity contribution is 5.89. The lowest BCUT2D eigenvalue weighted by atomic mass is 9.98. The van der Waals surface area contributed by atoms with Gasteiger partial charge in [0.25, 0.3) is 5.91 Å². The van der Waals surface area contributed by atoms with Crippen LogP contribution in [-0.2, 0) is 23.9 Å². The highest BCUT2D eigenvalue weighted by Crippen LogP contribution is 2.28. The summed E-state index contributed by atoms with van der Waals surface area (Å²) in [6.07, 6.45) is 4.21. The minimum Gasteiger partial charge on any atom is -0.493 e. The summed E-state index contributed by atoms with van der Waals surface area (Å²) in [7, 11) is 3.07. The van der Waals surface area contributed by atoms with Crippen molar-refractivity contribution in [2.75, 3.05) is 40.5 Å². The maximum Gasteiger partial charge on any atom is 0.331 e. The summed E-state index contributed by atoms with van der Waals surface area (Å²) >= 11 is 0. The van der Waals surface area contributed by atoms with E-state index >= 15 is 0 Å². The monoisotopic (exact) mass is 405 g/mol. The number of benzene rings is 1. The third kappa shape index (κ3) is 6.51. The third-order valence-electron chi connectivity index (χ3n) is 4.55. The minimum atomic E-state index is -0.632. The molecular formula is C21H27NO7. The van der Waals surface area contributed by atoms with Gasteiger partial charge in [-0.1, -0.05) is 6.07 Å². The number of ether oxygens (including phenoxy) is 4. The quantitative estimate of drug-likeness (QED) is 0.483. The van der Waals surface area contributed by atoms with E-state index in [1.807, 2.05) is 0 Å². The molecule has 0 aromatic heterocycles. The molecule has 1 aliphatic heterocycles. The molecule has 1 unspecified atom stereocenters. The van der Waals surface area contributed by atoms with Crippen molar-refractivity contribution in [1.82, 2.24) is 4.90 Å². The molecule has 1 aliphatic rings. The molecule has 1 saturated heterocycles. The van der Waals surface area contributed by atoms with E-state index in [2.05, 4.69) is 0 Å². The molecule has 0 N–H and O–H groups in total. The number of hydrogen-bond donors (Lipinski definition) is 0. The Bertz CT molecular complexity index is 759. The third-order valence-corrected chi connectivity index (χ3v) is 4.55. The molecule has 8 heteroatoms. The number of hydrogen-bond acceptors (Lipinski definition) is 7. The second-order valence-electron chi connectivity index (χ2n) is 6.49. The van der Waals surface area contributed by atoms with E-state index in [0.717, 1.165) is 5.56 Å². The first-order valence-electron chi connectivity index (χ1n) is 9.49. The van der Waals surface area contributed by atoms with Gasteiger partial charge in [0.1, 0.15) is 0 Å². The summed E-state index contributed by atoms with van der Waals surface area (Å²) < 4.78 is 20.4. The van der Waals surface area contributed by atoms with Crippen LogP contribution in [0.1, 0.15) is 25.3 Å². The van der Waals surface area contributed by atoms with Crippen molar-refractivity contribution in [3.8, 4) is 11.5 Å². The Labute approximate surface area is 170 Å². The number of piperidine rings is 1. The number of nitrogens with zero attached hydrogens (tertiary/aromatic N) is 1. The van der Waals surface area contributed by atoms with Gasteiger partial charge >= 0.3 is 11.9 Å². The van der Waals surface area contributed by atoms with Gasteiger partial charge in [0.05, 0.1) is 26.7 Å². The number of likely N-dealkylation sites (tertiary alicyclic amines) is 1. The van der Waals surface area contributed by atoms with Crippen LogP contribution >= 0.6 is 0 Å². The van der Waals surface area contributed by atoms with E-state index in [4.69, 9.17) is 18.9 Å². The van der Waals surface area contributed by atoms with Crippen LogP contribution in [0.2, 0.25) is 0 Å². The molecule has 158 valence electrons. The van der Waals surface area contributed by atoms with Crippen LogP contribution in [0.4, 0.5) is 0 Å². The SMILES string of the molecule is CCOC(=O)C1CCCN(C(=O)COC(=O)C=Cc2ccc(OC)c(OC)c2)C1. The highest BCUT2D eigenvalue weighted by atomic mass is 16.5. The molecule has 29 heavy (non-hydrogen) atoms. The topological polar surface area (TPSA) is 91.4 Å².